The van der Waals surface area contributed by atoms with Crippen LogP contribution in [0.3, 0.4) is 0 Å². The first-order valence-electron chi connectivity index (χ1n) is 6.14. The highest BCUT2D eigenvalue weighted by atomic mass is 32.2. The molecule has 1 fully saturated rings. The highest BCUT2D eigenvalue weighted by Gasteiger charge is 2.33. The van der Waals surface area contributed by atoms with Crippen LogP contribution in [0.4, 0.5) is 0 Å². The van der Waals surface area contributed by atoms with Crippen molar-refractivity contribution in [3.63, 3.8) is 0 Å². The van der Waals surface area contributed by atoms with E-state index in [1.165, 1.54) is 10.5 Å². The molecule has 2 rings (SSSR count). The van der Waals surface area contributed by atoms with Gasteiger partial charge >= 0.3 is 0 Å². The zero-order valence-corrected chi connectivity index (χ0v) is 11.2. The lowest BCUT2D eigenvalue weighted by Crippen LogP contribution is -2.45. The zero-order valence-electron chi connectivity index (χ0n) is 10.4. The first kappa shape index (κ1) is 13.5. The molecule has 0 saturated carbocycles. The van der Waals surface area contributed by atoms with E-state index in [1.54, 1.807) is 18.3 Å². The quantitative estimate of drug-likeness (QED) is 0.884. The number of sulfonamides is 1. The number of aromatic nitrogens is 1. The smallest absolute Gasteiger partial charge is 0.244 e. The number of hydrogen-bond donors (Lipinski definition) is 1. The molecular weight excluding hydrogens is 252 g/mol. The number of nitrogens with zero attached hydrogens (tertiary/aromatic N) is 2. The fourth-order valence-electron chi connectivity index (χ4n) is 2.25. The summed E-state index contributed by atoms with van der Waals surface area (Å²) in [5, 5.41) is 9.79. The van der Waals surface area contributed by atoms with Gasteiger partial charge in [0.25, 0.3) is 0 Å². The molecule has 2 heterocycles. The second-order valence-electron chi connectivity index (χ2n) is 4.58. The second-order valence-corrected chi connectivity index (χ2v) is 6.51. The molecule has 1 aliphatic rings. The van der Waals surface area contributed by atoms with Crippen molar-refractivity contribution < 1.29 is 13.5 Å². The van der Waals surface area contributed by atoms with Gasteiger partial charge in [-0.15, -0.1) is 0 Å². The predicted octanol–water partition coefficient (Wildman–Crippen LogP) is 0.863. The summed E-state index contributed by atoms with van der Waals surface area (Å²) < 4.78 is 26.2. The van der Waals surface area contributed by atoms with Gasteiger partial charge in [-0.3, -0.25) is 4.98 Å². The number of hydrogen-bond acceptors (Lipinski definition) is 4. The highest BCUT2D eigenvalue weighted by molar-refractivity contribution is 7.89. The molecule has 18 heavy (non-hydrogen) atoms. The maximum absolute atomic E-state index is 12.4. The molecule has 0 spiro atoms. The Balaban J connectivity index is 2.22. The third-order valence-corrected chi connectivity index (χ3v) is 5.30. The number of rotatable bonds is 3. The minimum atomic E-state index is -3.47. The minimum Gasteiger partial charge on any atom is -0.393 e. The van der Waals surface area contributed by atoms with Crippen molar-refractivity contribution in [1.29, 1.82) is 0 Å². The van der Waals surface area contributed by atoms with Crippen molar-refractivity contribution in [2.45, 2.75) is 30.8 Å². The predicted molar refractivity (Wildman–Crippen MR) is 67.4 cm³/mol. The fourth-order valence-corrected chi connectivity index (χ4v) is 3.73. The molecule has 6 heteroatoms. The molecule has 5 nitrogen and oxygen atoms in total. The lowest BCUT2D eigenvalue weighted by molar-refractivity contribution is 0.0521. The Labute approximate surface area is 108 Å². The van der Waals surface area contributed by atoms with E-state index in [-0.39, 0.29) is 10.8 Å². The maximum Gasteiger partial charge on any atom is 0.244 e. The Kier molecular flexibility index (Phi) is 3.99. The van der Waals surface area contributed by atoms with Gasteiger partial charge in [0.2, 0.25) is 10.0 Å². The first-order valence-corrected chi connectivity index (χ1v) is 7.58. The summed E-state index contributed by atoms with van der Waals surface area (Å²) in [6.07, 6.45) is 3.79. The highest BCUT2D eigenvalue weighted by Crippen LogP contribution is 2.25. The number of aliphatic hydroxyl groups excluding tert-OH is 1. The number of aliphatic hydroxyl groups is 1. The number of piperidine rings is 1. The Morgan fingerprint density at radius 3 is 2.94 bits per heavy atom. The molecule has 1 aliphatic heterocycles. The van der Waals surface area contributed by atoms with Crippen molar-refractivity contribution in [2.24, 2.45) is 5.92 Å². The van der Waals surface area contributed by atoms with Gasteiger partial charge < -0.3 is 5.11 Å². The van der Waals surface area contributed by atoms with Gasteiger partial charge in [0.1, 0.15) is 4.90 Å². The summed E-state index contributed by atoms with van der Waals surface area (Å²) >= 11 is 0. The molecule has 1 aromatic heterocycles. The molecule has 0 bridgehead atoms. The monoisotopic (exact) mass is 270 g/mol. The van der Waals surface area contributed by atoms with Crippen molar-refractivity contribution in [3.05, 3.63) is 24.5 Å². The van der Waals surface area contributed by atoms with Crippen LogP contribution in [0.1, 0.15) is 19.8 Å². The molecule has 1 aromatic rings. The van der Waals surface area contributed by atoms with Crippen LogP contribution in [0.25, 0.3) is 0 Å². The van der Waals surface area contributed by atoms with Crippen molar-refractivity contribution in [1.82, 2.24) is 9.29 Å². The van der Waals surface area contributed by atoms with Crippen LogP contribution >= 0.6 is 0 Å². The van der Waals surface area contributed by atoms with E-state index in [2.05, 4.69) is 4.98 Å². The average Bonchev–Trinajstić information content (AvgIpc) is 2.40. The van der Waals surface area contributed by atoms with Gasteiger partial charge in [-0.25, -0.2) is 8.42 Å². The van der Waals surface area contributed by atoms with Gasteiger partial charge in [0.15, 0.2) is 0 Å². The normalized spacial score (nSPS) is 26.1. The van der Waals surface area contributed by atoms with E-state index in [0.29, 0.717) is 19.5 Å². The van der Waals surface area contributed by atoms with E-state index < -0.39 is 16.1 Å². The zero-order chi connectivity index (χ0) is 13.2. The van der Waals surface area contributed by atoms with E-state index in [4.69, 9.17) is 0 Å². The van der Waals surface area contributed by atoms with Crippen LogP contribution < -0.4 is 0 Å². The molecule has 0 amide bonds. The molecule has 1 saturated heterocycles. The van der Waals surface area contributed by atoms with Gasteiger partial charge in [-0.2, -0.15) is 4.31 Å². The Hall–Kier alpha value is -0.980. The van der Waals surface area contributed by atoms with Gasteiger partial charge in [0, 0.05) is 25.5 Å². The molecule has 0 aromatic carbocycles. The van der Waals surface area contributed by atoms with Gasteiger partial charge in [-0.05, 0) is 30.9 Å². The fraction of sp³-hybridized carbons (Fsp3) is 0.583. The van der Waals surface area contributed by atoms with E-state index >= 15 is 0 Å². The topological polar surface area (TPSA) is 70.5 Å². The third kappa shape index (κ3) is 2.55. The maximum atomic E-state index is 12.4. The van der Waals surface area contributed by atoms with Gasteiger partial charge in [0.05, 0.1) is 6.10 Å². The standard InChI is InChI=1S/C12H18N2O3S/c1-2-10-9-14(7-5-12(10)15)18(16,17)11-4-3-6-13-8-11/h3-4,6,8,10,12,15H,2,5,7,9H2,1H3. The Morgan fingerprint density at radius 1 is 1.56 bits per heavy atom. The average molecular weight is 270 g/mol. The van der Waals surface area contributed by atoms with Crippen LogP contribution in [-0.2, 0) is 10.0 Å². The first-order chi connectivity index (χ1) is 8.55. The van der Waals surface area contributed by atoms with Crippen LogP contribution in [0.15, 0.2) is 29.4 Å². The van der Waals surface area contributed by atoms with Crippen molar-refractivity contribution in [3.8, 4) is 0 Å². The minimum absolute atomic E-state index is 0.0187. The van der Waals surface area contributed by atoms with Crippen molar-refractivity contribution >= 4 is 10.0 Å². The summed E-state index contributed by atoms with van der Waals surface area (Å²) in [5.41, 5.74) is 0. The molecule has 100 valence electrons. The van der Waals surface area contributed by atoms with E-state index in [9.17, 15) is 13.5 Å². The molecule has 2 atom stereocenters. The summed E-state index contributed by atoms with van der Waals surface area (Å²) in [6, 6.07) is 3.16. The molecular formula is C12H18N2O3S. The number of pyridine rings is 1. The molecule has 0 radical (unpaired) electrons. The van der Waals surface area contributed by atoms with Crippen LogP contribution in [-0.4, -0.2) is 42.0 Å². The van der Waals surface area contributed by atoms with Crippen LogP contribution in [0.2, 0.25) is 0 Å². The van der Waals surface area contributed by atoms with Crippen LogP contribution in [0.5, 0.6) is 0 Å². The largest absolute Gasteiger partial charge is 0.393 e. The molecule has 1 N–H and O–H groups in total. The molecule has 0 aliphatic carbocycles. The second kappa shape index (κ2) is 5.34. The summed E-state index contributed by atoms with van der Waals surface area (Å²) in [5.74, 6) is 0.0187. The lowest BCUT2D eigenvalue weighted by atomic mass is 9.94. The van der Waals surface area contributed by atoms with Crippen molar-refractivity contribution in [2.75, 3.05) is 13.1 Å². The Bertz CT molecular complexity index is 489. The van der Waals surface area contributed by atoms with E-state index in [0.717, 1.165) is 6.42 Å². The summed E-state index contributed by atoms with van der Waals surface area (Å²) in [6.45, 7) is 2.72. The third-order valence-electron chi connectivity index (χ3n) is 3.45. The SMILES string of the molecule is CCC1CN(S(=O)(=O)c2cccnc2)CCC1O. The summed E-state index contributed by atoms with van der Waals surface area (Å²) in [4.78, 5) is 4.06. The Morgan fingerprint density at radius 2 is 2.33 bits per heavy atom. The lowest BCUT2D eigenvalue weighted by Gasteiger charge is -2.34. The summed E-state index contributed by atoms with van der Waals surface area (Å²) in [7, 11) is -3.47. The molecule has 2 unspecified atom stereocenters. The van der Waals surface area contributed by atoms with E-state index in [1.807, 2.05) is 6.92 Å². The van der Waals surface area contributed by atoms with Crippen LogP contribution in [0, 0.1) is 5.92 Å². The van der Waals surface area contributed by atoms with Gasteiger partial charge in [-0.1, -0.05) is 6.92 Å².